The molecule has 1 fully saturated rings. The largest absolute Gasteiger partial charge is 0.370 e. The molecule has 0 radical (unpaired) electrons. The minimum Gasteiger partial charge on any atom is -0.370 e. The van der Waals surface area contributed by atoms with Crippen LogP contribution in [0.5, 0.6) is 0 Å². The Bertz CT molecular complexity index is 398. The Morgan fingerprint density at radius 1 is 1.10 bits per heavy atom. The van der Waals surface area contributed by atoms with Crippen molar-refractivity contribution in [3.8, 4) is 0 Å². The molecule has 0 aliphatic carbocycles. The topological polar surface area (TPSA) is 15.3 Å². The summed E-state index contributed by atoms with van der Waals surface area (Å²) in [6.07, 6.45) is 7.83. The molecule has 2 rings (SSSR count). The smallest absolute Gasteiger partial charge is 0.0642 e. The summed E-state index contributed by atoms with van der Waals surface area (Å²) in [5.74, 6) is 0. The number of halogens is 1. The van der Waals surface area contributed by atoms with Crippen LogP contribution in [0.1, 0.15) is 51.0 Å². The molecule has 0 spiro atoms. The quantitative estimate of drug-likeness (QED) is 0.798. The van der Waals surface area contributed by atoms with Gasteiger partial charge in [0.1, 0.15) is 0 Å². The fourth-order valence-corrected chi connectivity index (χ4v) is 3.24. The first-order valence-electron chi connectivity index (χ1n) is 8.06. The van der Waals surface area contributed by atoms with Gasteiger partial charge in [0.2, 0.25) is 0 Å². The molecule has 1 aliphatic heterocycles. The van der Waals surface area contributed by atoms with E-state index >= 15 is 0 Å². The minimum absolute atomic E-state index is 0.904. The first kappa shape index (κ1) is 15.7. The highest BCUT2D eigenvalue weighted by molar-refractivity contribution is 6.33. The van der Waals surface area contributed by atoms with Crippen LogP contribution in [0, 0.1) is 0 Å². The van der Waals surface area contributed by atoms with Crippen LogP contribution in [0.3, 0.4) is 0 Å². The molecule has 0 atom stereocenters. The maximum Gasteiger partial charge on any atom is 0.0642 e. The molecule has 1 saturated heterocycles. The van der Waals surface area contributed by atoms with Crippen LogP contribution >= 0.6 is 11.6 Å². The maximum atomic E-state index is 6.50. The van der Waals surface area contributed by atoms with Gasteiger partial charge in [-0.25, -0.2) is 0 Å². The van der Waals surface area contributed by atoms with Crippen molar-refractivity contribution in [2.75, 3.05) is 24.5 Å². The van der Waals surface area contributed by atoms with E-state index < -0.39 is 0 Å². The molecule has 0 saturated carbocycles. The van der Waals surface area contributed by atoms with Crippen LogP contribution in [-0.4, -0.2) is 19.6 Å². The summed E-state index contributed by atoms with van der Waals surface area (Å²) < 4.78 is 0. The SMILES string of the molecule is CCCNCc1cccc(Cl)c1N1CCCCCCC1. The molecular formula is C17H27ClN2. The summed E-state index contributed by atoms with van der Waals surface area (Å²) in [7, 11) is 0. The second-order valence-corrected chi connectivity index (χ2v) is 6.09. The predicted molar refractivity (Wildman–Crippen MR) is 88.7 cm³/mol. The molecule has 1 N–H and O–H groups in total. The van der Waals surface area contributed by atoms with Gasteiger partial charge in [-0.1, -0.05) is 49.9 Å². The molecule has 1 aromatic rings. The molecule has 0 amide bonds. The highest BCUT2D eigenvalue weighted by Crippen LogP contribution is 2.31. The summed E-state index contributed by atoms with van der Waals surface area (Å²) in [4.78, 5) is 2.50. The van der Waals surface area contributed by atoms with Crippen molar-refractivity contribution in [3.05, 3.63) is 28.8 Å². The molecule has 2 nitrogen and oxygen atoms in total. The zero-order valence-electron chi connectivity index (χ0n) is 12.6. The van der Waals surface area contributed by atoms with E-state index in [0.29, 0.717) is 0 Å². The number of nitrogens with zero attached hydrogens (tertiary/aromatic N) is 1. The first-order valence-corrected chi connectivity index (χ1v) is 8.43. The molecule has 0 bridgehead atoms. The van der Waals surface area contributed by atoms with Gasteiger partial charge in [-0.3, -0.25) is 0 Å². The van der Waals surface area contributed by atoms with Crippen LogP contribution in [-0.2, 0) is 6.54 Å². The lowest BCUT2D eigenvalue weighted by Crippen LogP contribution is -2.29. The van der Waals surface area contributed by atoms with Gasteiger partial charge in [0, 0.05) is 19.6 Å². The fourth-order valence-electron chi connectivity index (χ4n) is 2.93. The normalized spacial score (nSPS) is 16.8. The van der Waals surface area contributed by atoms with Crippen molar-refractivity contribution >= 4 is 17.3 Å². The van der Waals surface area contributed by atoms with Crippen molar-refractivity contribution in [2.45, 2.75) is 52.0 Å². The van der Waals surface area contributed by atoms with E-state index in [9.17, 15) is 0 Å². The van der Waals surface area contributed by atoms with Crippen LogP contribution in [0.4, 0.5) is 5.69 Å². The predicted octanol–water partition coefficient (Wildman–Crippen LogP) is 4.61. The number of nitrogens with one attached hydrogen (secondary N) is 1. The van der Waals surface area contributed by atoms with E-state index in [1.54, 1.807) is 0 Å². The minimum atomic E-state index is 0.904. The third-order valence-corrected chi connectivity index (χ3v) is 4.29. The van der Waals surface area contributed by atoms with E-state index in [4.69, 9.17) is 11.6 Å². The van der Waals surface area contributed by atoms with Crippen molar-refractivity contribution in [1.29, 1.82) is 0 Å². The Labute approximate surface area is 128 Å². The van der Waals surface area contributed by atoms with Crippen molar-refractivity contribution in [3.63, 3.8) is 0 Å². The standard InChI is InChI=1S/C17H27ClN2/c1-2-11-19-14-15-9-8-10-16(18)17(15)20-12-6-4-3-5-7-13-20/h8-10,19H,2-7,11-14H2,1H3. The zero-order chi connectivity index (χ0) is 14.2. The molecule has 1 aromatic carbocycles. The summed E-state index contributed by atoms with van der Waals surface area (Å²) in [5.41, 5.74) is 2.60. The monoisotopic (exact) mass is 294 g/mol. The van der Waals surface area contributed by atoms with E-state index in [1.807, 2.05) is 6.07 Å². The van der Waals surface area contributed by atoms with Gasteiger partial charge in [-0.2, -0.15) is 0 Å². The van der Waals surface area contributed by atoms with Crippen LogP contribution in [0.15, 0.2) is 18.2 Å². The van der Waals surface area contributed by atoms with Crippen molar-refractivity contribution < 1.29 is 0 Å². The summed E-state index contributed by atoms with van der Waals surface area (Å²) in [6.45, 7) is 6.46. The van der Waals surface area contributed by atoms with Crippen LogP contribution in [0.2, 0.25) is 5.02 Å². The Morgan fingerprint density at radius 2 is 1.80 bits per heavy atom. The molecule has 3 heteroatoms. The number of benzene rings is 1. The third kappa shape index (κ3) is 4.39. The second-order valence-electron chi connectivity index (χ2n) is 5.68. The van der Waals surface area contributed by atoms with E-state index in [-0.39, 0.29) is 0 Å². The van der Waals surface area contributed by atoms with Crippen molar-refractivity contribution in [2.24, 2.45) is 0 Å². The molecular weight excluding hydrogens is 268 g/mol. The van der Waals surface area contributed by atoms with Crippen molar-refractivity contribution in [1.82, 2.24) is 5.32 Å². The van der Waals surface area contributed by atoms with E-state index in [0.717, 1.165) is 31.2 Å². The van der Waals surface area contributed by atoms with Crippen LogP contribution < -0.4 is 10.2 Å². The number of hydrogen-bond acceptors (Lipinski definition) is 2. The lowest BCUT2D eigenvalue weighted by molar-refractivity contribution is 0.554. The number of rotatable bonds is 5. The van der Waals surface area contributed by atoms with Gasteiger partial charge >= 0.3 is 0 Å². The van der Waals surface area contributed by atoms with E-state index in [2.05, 4.69) is 29.3 Å². The Kier molecular flexibility index (Phi) is 6.68. The molecule has 20 heavy (non-hydrogen) atoms. The lowest BCUT2D eigenvalue weighted by atomic mass is 10.1. The summed E-state index contributed by atoms with van der Waals surface area (Å²) in [5, 5.41) is 4.40. The van der Waals surface area contributed by atoms with Gasteiger partial charge in [0.05, 0.1) is 10.7 Å². The molecule has 1 heterocycles. The van der Waals surface area contributed by atoms with Gasteiger partial charge in [-0.05, 0) is 37.4 Å². The lowest BCUT2D eigenvalue weighted by Gasteiger charge is -2.30. The Balaban J connectivity index is 2.14. The Hall–Kier alpha value is -0.730. The maximum absolute atomic E-state index is 6.50. The third-order valence-electron chi connectivity index (χ3n) is 3.98. The molecule has 112 valence electrons. The molecule has 0 unspecified atom stereocenters. The highest BCUT2D eigenvalue weighted by atomic mass is 35.5. The first-order chi connectivity index (χ1) is 9.83. The highest BCUT2D eigenvalue weighted by Gasteiger charge is 2.15. The van der Waals surface area contributed by atoms with Gasteiger partial charge in [-0.15, -0.1) is 0 Å². The fraction of sp³-hybridized carbons (Fsp3) is 0.647. The summed E-state index contributed by atoms with van der Waals surface area (Å²) >= 11 is 6.50. The van der Waals surface area contributed by atoms with Gasteiger partial charge in [0.15, 0.2) is 0 Å². The number of hydrogen-bond donors (Lipinski definition) is 1. The average Bonchev–Trinajstić information content (AvgIpc) is 2.40. The average molecular weight is 295 g/mol. The molecule has 1 aliphatic rings. The van der Waals surface area contributed by atoms with Crippen LogP contribution in [0.25, 0.3) is 0 Å². The number of anilines is 1. The van der Waals surface area contributed by atoms with E-state index in [1.165, 1.54) is 49.8 Å². The zero-order valence-corrected chi connectivity index (χ0v) is 13.4. The number of para-hydroxylation sites is 1. The summed E-state index contributed by atoms with van der Waals surface area (Å²) in [6, 6.07) is 6.31. The Morgan fingerprint density at radius 3 is 2.50 bits per heavy atom. The van der Waals surface area contributed by atoms with Gasteiger partial charge < -0.3 is 10.2 Å². The second kappa shape index (κ2) is 8.53. The van der Waals surface area contributed by atoms with Gasteiger partial charge in [0.25, 0.3) is 0 Å². The molecule has 0 aromatic heterocycles.